The third kappa shape index (κ3) is 4.02. The Morgan fingerprint density at radius 3 is 2.96 bits per heavy atom. The molecule has 2 heterocycles. The summed E-state index contributed by atoms with van der Waals surface area (Å²) in [5, 5.41) is 5.68. The molecule has 2 N–H and O–H groups in total. The highest BCUT2D eigenvalue weighted by Crippen LogP contribution is 2.29. The first-order chi connectivity index (χ1) is 13.6. The van der Waals surface area contributed by atoms with Crippen LogP contribution in [0, 0.1) is 6.92 Å². The molecule has 0 unspecified atom stereocenters. The lowest BCUT2D eigenvalue weighted by Crippen LogP contribution is -2.36. The van der Waals surface area contributed by atoms with E-state index in [0.717, 1.165) is 31.6 Å². The molecule has 6 heteroatoms. The zero-order valence-electron chi connectivity index (χ0n) is 16.0. The number of urea groups is 1. The maximum atomic E-state index is 12.1. The molecule has 6 nitrogen and oxygen atoms in total. The number of amides is 2. The lowest BCUT2D eigenvalue weighted by Gasteiger charge is -2.17. The fraction of sp³-hybridized carbons (Fsp3) is 0.364. The van der Waals surface area contributed by atoms with Gasteiger partial charge in [-0.2, -0.15) is 0 Å². The van der Waals surface area contributed by atoms with Crippen LogP contribution in [0.25, 0.3) is 0 Å². The number of carbonyl (C=O) groups excluding carboxylic acids is 2. The second kappa shape index (κ2) is 8.02. The van der Waals surface area contributed by atoms with Gasteiger partial charge in [-0.05, 0) is 49.1 Å². The van der Waals surface area contributed by atoms with Crippen molar-refractivity contribution in [3.63, 3.8) is 0 Å². The third-order valence-corrected chi connectivity index (χ3v) is 5.56. The fourth-order valence-corrected chi connectivity index (χ4v) is 4.03. The molecule has 0 radical (unpaired) electrons. The van der Waals surface area contributed by atoms with Gasteiger partial charge < -0.3 is 20.3 Å². The van der Waals surface area contributed by atoms with E-state index in [0.29, 0.717) is 30.3 Å². The molecule has 0 bridgehead atoms. The van der Waals surface area contributed by atoms with Crippen LogP contribution in [0.1, 0.15) is 39.4 Å². The number of fused-ring (bicyclic) bond motifs is 1. The van der Waals surface area contributed by atoms with Gasteiger partial charge in [-0.25, -0.2) is 9.59 Å². The highest BCUT2D eigenvalue weighted by Gasteiger charge is 2.24. The van der Waals surface area contributed by atoms with E-state index in [1.165, 1.54) is 11.1 Å². The van der Waals surface area contributed by atoms with Crippen molar-refractivity contribution in [3.05, 3.63) is 64.7 Å². The first kappa shape index (κ1) is 18.5. The van der Waals surface area contributed by atoms with Crippen LogP contribution in [0.2, 0.25) is 0 Å². The summed E-state index contributed by atoms with van der Waals surface area (Å²) >= 11 is 0. The van der Waals surface area contributed by atoms with Crippen LogP contribution in [0.4, 0.5) is 10.5 Å². The summed E-state index contributed by atoms with van der Waals surface area (Å²) in [6.45, 7) is 5.96. The lowest BCUT2D eigenvalue weighted by molar-refractivity contribution is 0.0535. The van der Waals surface area contributed by atoms with Crippen molar-refractivity contribution in [2.75, 3.05) is 31.5 Å². The number of benzene rings is 2. The molecule has 28 heavy (non-hydrogen) atoms. The smallest absolute Gasteiger partial charge is 0.338 e. The summed E-state index contributed by atoms with van der Waals surface area (Å²) in [6.07, 6.45) is 1.16. The second-order valence-corrected chi connectivity index (χ2v) is 7.47. The summed E-state index contributed by atoms with van der Waals surface area (Å²) in [7, 11) is 0. The van der Waals surface area contributed by atoms with E-state index in [1.54, 1.807) is 12.1 Å². The number of cyclic esters (lactones) is 1. The van der Waals surface area contributed by atoms with Crippen LogP contribution < -0.4 is 10.6 Å². The number of hydrogen-bond donors (Lipinski definition) is 2. The Morgan fingerprint density at radius 1 is 1.25 bits per heavy atom. The molecule has 146 valence electrons. The highest BCUT2D eigenvalue weighted by molar-refractivity contribution is 5.96. The van der Waals surface area contributed by atoms with E-state index in [4.69, 9.17) is 4.74 Å². The Hall–Kier alpha value is -2.86. The van der Waals surface area contributed by atoms with Gasteiger partial charge in [0, 0.05) is 30.9 Å². The lowest BCUT2D eigenvalue weighted by atomic mass is 9.94. The van der Waals surface area contributed by atoms with Crippen molar-refractivity contribution < 1.29 is 14.3 Å². The fourth-order valence-electron chi connectivity index (χ4n) is 4.03. The average molecular weight is 379 g/mol. The van der Waals surface area contributed by atoms with Crippen molar-refractivity contribution in [1.29, 1.82) is 0 Å². The molecule has 1 atom stereocenters. The van der Waals surface area contributed by atoms with Crippen LogP contribution in [0.5, 0.6) is 0 Å². The molecule has 2 aromatic rings. The van der Waals surface area contributed by atoms with E-state index >= 15 is 0 Å². The minimum atomic E-state index is -0.337. The first-order valence-electron chi connectivity index (χ1n) is 9.73. The van der Waals surface area contributed by atoms with Gasteiger partial charge in [0.25, 0.3) is 0 Å². The molecule has 0 saturated carbocycles. The van der Waals surface area contributed by atoms with Crippen LogP contribution in [0.3, 0.4) is 0 Å². The van der Waals surface area contributed by atoms with Gasteiger partial charge in [-0.15, -0.1) is 0 Å². The molecule has 2 aliphatic heterocycles. The number of nitrogens with one attached hydrogen (secondary N) is 2. The van der Waals surface area contributed by atoms with Gasteiger partial charge in [-0.3, -0.25) is 0 Å². The molecule has 1 fully saturated rings. The molecule has 2 amide bonds. The molecule has 0 spiro atoms. The highest BCUT2D eigenvalue weighted by atomic mass is 16.5. The van der Waals surface area contributed by atoms with E-state index in [2.05, 4.69) is 46.7 Å². The maximum absolute atomic E-state index is 12.1. The number of ether oxygens (including phenoxy) is 1. The third-order valence-electron chi connectivity index (χ3n) is 5.56. The van der Waals surface area contributed by atoms with Gasteiger partial charge in [-0.1, -0.05) is 30.3 Å². The predicted octanol–water partition coefficient (Wildman–Crippen LogP) is 3.28. The van der Waals surface area contributed by atoms with Crippen molar-refractivity contribution in [3.8, 4) is 0 Å². The Morgan fingerprint density at radius 2 is 2.11 bits per heavy atom. The first-order valence-corrected chi connectivity index (χ1v) is 9.73. The molecular weight excluding hydrogens is 354 g/mol. The Kier molecular flexibility index (Phi) is 5.30. The maximum Gasteiger partial charge on any atom is 0.338 e. The van der Waals surface area contributed by atoms with E-state index in [9.17, 15) is 9.59 Å². The number of rotatable bonds is 5. The number of nitrogens with zero attached hydrogens (tertiary/aromatic N) is 1. The monoisotopic (exact) mass is 379 g/mol. The van der Waals surface area contributed by atoms with Crippen molar-refractivity contribution in [2.45, 2.75) is 25.9 Å². The average Bonchev–Trinajstić information content (AvgIpc) is 3.29. The molecule has 1 saturated heterocycles. The molecule has 0 aromatic heterocycles. The Balaban J connectivity index is 1.23. The van der Waals surface area contributed by atoms with Gasteiger partial charge in [0.2, 0.25) is 0 Å². The van der Waals surface area contributed by atoms with Crippen molar-refractivity contribution in [1.82, 2.24) is 10.2 Å². The van der Waals surface area contributed by atoms with Crippen LogP contribution in [-0.2, 0) is 11.3 Å². The van der Waals surface area contributed by atoms with Crippen LogP contribution >= 0.6 is 0 Å². The quantitative estimate of drug-likeness (QED) is 0.782. The Labute approximate surface area is 164 Å². The molecule has 4 rings (SSSR count). The van der Waals surface area contributed by atoms with Gasteiger partial charge in [0.05, 0.1) is 5.56 Å². The number of carbonyl (C=O) groups is 2. The van der Waals surface area contributed by atoms with Gasteiger partial charge >= 0.3 is 12.0 Å². The molecular formula is C22H25N3O3. The SMILES string of the molecule is Cc1ccccc1[C@@H]1CCN(CCNC(=O)Nc2ccc3c(c2)C(=O)OC3)C1. The Bertz CT molecular complexity index is 896. The largest absolute Gasteiger partial charge is 0.457 e. The predicted molar refractivity (Wildman–Crippen MR) is 108 cm³/mol. The normalized spacial score (nSPS) is 18.6. The number of anilines is 1. The zero-order valence-corrected chi connectivity index (χ0v) is 16.0. The van der Waals surface area contributed by atoms with Crippen LogP contribution in [-0.4, -0.2) is 43.1 Å². The molecule has 0 aliphatic carbocycles. The second-order valence-electron chi connectivity index (χ2n) is 7.47. The summed E-state index contributed by atoms with van der Waals surface area (Å²) in [5.74, 6) is 0.234. The summed E-state index contributed by atoms with van der Waals surface area (Å²) in [4.78, 5) is 26.1. The minimum absolute atomic E-state index is 0.263. The van der Waals surface area contributed by atoms with E-state index in [1.807, 2.05) is 6.07 Å². The van der Waals surface area contributed by atoms with Gasteiger partial charge in [0.15, 0.2) is 0 Å². The number of aryl methyl sites for hydroxylation is 1. The van der Waals surface area contributed by atoms with E-state index < -0.39 is 0 Å². The molecule has 2 aliphatic rings. The molecule has 2 aromatic carbocycles. The zero-order chi connectivity index (χ0) is 19.5. The topological polar surface area (TPSA) is 70.7 Å². The number of hydrogen-bond acceptors (Lipinski definition) is 4. The van der Waals surface area contributed by atoms with E-state index in [-0.39, 0.29) is 12.0 Å². The van der Waals surface area contributed by atoms with Gasteiger partial charge in [0.1, 0.15) is 6.61 Å². The van der Waals surface area contributed by atoms with Crippen molar-refractivity contribution in [2.24, 2.45) is 0 Å². The van der Waals surface area contributed by atoms with Crippen LogP contribution in [0.15, 0.2) is 42.5 Å². The van der Waals surface area contributed by atoms with Crippen molar-refractivity contribution >= 4 is 17.7 Å². The number of esters is 1. The summed E-state index contributed by atoms with van der Waals surface area (Å²) in [6, 6.07) is 13.6. The number of likely N-dealkylation sites (tertiary alicyclic amines) is 1. The standard InChI is InChI=1S/C22H25N3O3/c1-15-4-2-3-5-19(15)16-8-10-25(13-16)11-9-23-22(27)24-18-7-6-17-14-28-21(26)20(17)12-18/h2-7,12,16H,8-11,13-14H2,1H3,(H2,23,24,27)/t16-/m1/s1. The minimum Gasteiger partial charge on any atom is -0.457 e. The summed E-state index contributed by atoms with van der Waals surface area (Å²) in [5.41, 5.74) is 4.76. The summed E-state index contributed by atoms with van der Waals surface area (Å²) < 4.78 is 4.98.